The largest absolute Gasteiger partial charge is 0.379 e. The molecule has 5 nitrogen and oxygen atoms in total. The van der Waals surface area contributed by atoms with Crippen molar-refractivity contribution in [2.24, 2.45) is 5.92 Å². The van der Waals surface area contributed by atoms with E-state index in [2.05, 4.69) is 10.3 Å². The first-order valence-electron chi connectivity index (χ1n) is 6.50. The van der Waals surface area contributed by atoms with Gasteiger partial charge in [-0.25, -0.2) is 4.98 Å². The van der Waals surface area contributed by atoms with E-state index in [1.165, 1.54) is 37.0 Å². The summed E-state index contributed by atoms with van der Waals surface area (Å²) in [7, 11) is 0. The van der Waals surface area contributed by atoms with Crippen LogP contribution >= 0.6 is 11.3 Å². The molecule has 1 aromatic carbocycles. The van der Waals surface area contributed by atoms with Crippen LogP contribution in [0.4, 0.5) is 11.4 Å². The van der Waals surface area contributed by atoms with E-state index >= 15 is 0 Å². The van der Waals surface area contributed by atoms with Gasteiger partial charge in [0.1, 0.15) is 5.69 Å². The summed E-state index contributed by atoms with van der Waals surface area (Å²) in [5.41, 5.74) is 2.84. The Morgan fingerprint density at radius 1 is 1.42 bits per heavy atom. The third-order valence-electron chi connectivity index (χ3n) is 3.71. The van der Waals surface area contributed by atoms with Crippen LogP contribution in [0.25, 0.3) is 10.2 Å². The first-order valence-corrected chi connectivity index (χ1v) is 7.38. The summed E-state index contributed by atoms with van der Waals surface area (Å²) in [6.45, 7) is 0.816. The lowest BCUT2D eigenvalue weighted by atomic mass is 10.1. The zero-order valence-corrected chi connectivity index (χ0v) is 11.3. The van der Waals surface area contributed by atoms with Crippen molar-refractivity contribution in [3.05, 3.63) is 27.8 Å². The molecule has 1 aliphatic rings. The summed E-state index contributed by atoms with van der Waals surface area (Å²) in [5, 5.41) is 14.5. The number of benzene rings is 1. The summed E-state index contributed by atoms with van der Waals surface area (Å²) >= 11 is 1.43. The second-order valence-electron chi connectivity index (χ2n) is 4.95. The Morgan fingerprint density at radius 3 is 2.95 bits per heavy atom. The van der Waals surface area contributed by atoms with E-state index in [0.717, 1.165) is 11.2 Å². The summed E-state index contributed by atoms with van der Waals surface area (Å²) in [6.07, 6.45) is 5.00. The number of thiazole rings is 1. The molecule has 0 atom stereocenters. The maximum absolute atomic E-state index is 11.3. The van der Waals surface area contributed by atoms with E-state index in [1.54, 1.807) is 11.6 Å². The van der Waals surface area contributed by atoms with Crippen LogP contribution in [0.1, 0.15) is 25.7 Å². The molecule has 3 rings (SSSR count). The fourth-order valence-corrected chi connectivity index (χ4v) is 3.39. The minimum Gasteiger partial charge on any atom is -0.379 e. The topological polar surface area (TPSA) is 68.1 Å². The van der Waals surface area contributed by atoms with Gasteiger partial charge in [-0.3, -0.25) is 10.1 Å². The van der Waals surface area contributed by atoms with Gasteiger partial charge in [-0.2, -0.15) is 0 Å². The van der Waals surface area contributed by atoms with Crippen molar-refractivity contribution in [2.75, 3.05) is 11.9 Å². The smallest absolute Gasteiger partial charge is 0.319 e. The molecule has 0 aliphatic heterocycles. The number of hydrogen-bond acceptors (Lipinski definition) is 5. The molecule has 0 bridgehead atoms. The molecule has 6 heteroatoms. The molecular weight excluding hydrogens is 262 g/mol. The number of nitro groups is 1. The van der Waals surface area contributed by atoms with E-state index in [4.69, 9.17) is 0 Å². The summed E-state index contributed by atoms with van der Waals surface area (Å²) < 4.78 is 0.859. The van der Waals surface area contributed by atoms with Crippen LogP contribution in [-0.2, 0) is 0 Å². The third kappa shape index (κ3) is 2.40. The van der Waals surface area contributed by atoms with E-state index < -0.39 is 0 Å². The first-order chi connectivity index (χ1) is 9.25. The molecule has 0 radical (unpaired) electrons. The Kier molecular flexibility index (Phi) is 3.33. The van der Waals surface area contributed by atoms with Crippen molar-refractivity contribution >= 4 is 32.9 Å². The summed E-state index contributed by atoms with van der Waals surface area (Å²) in [6, 6.07) is 3.70. The van der Waals surface area contributed by atoms with Gasteiger partial charge in [0, 0.05) is 6.54 Å². The Balaban J connectivity index is 1.88. The Hall–Kier alpha value is -1.69. The maximum atomic E-state index is 11.3. The van der Waals surface area contributed by atoms with E-state index in [-0.39, 0.29) is 10.6 Å². The highest BCUT2D eigenvalue weighted by Crippen LogP contribution is 2.35. The van der Waals surface area contributed by atoms with Gasteiger partial charge in [0.2, 0.25) is 0 Å². The molecule has 0 amide bonds. The van der Waals surface area contributed by atoms with Crippen molar-refractivity contribution in [1.82, 2.24) is 4.98 Å². The molecule has 1 saturated carbocycles. The lowest BCUT2D eigenvalue weighted by Gasteiger charge is -2.12. The van der Waals surface area contributed by atoms with Crippen LogP contribution in [-0.4, -0.2) is 16.5 Å². The molecule has 0 unspecified atom stereocenters. The highest BCUT2D eigenvalue weighted by Gasteiger charge is 2.22. The molecule has 1 aliphatic carbocycles. The predicted octanol–water partition coefficient (Wildman–Crippen LogP) is 3.81. The molecule has 100 valence electrons. The Bertz CT molecular complexity index is 605. The number of nitro benzene ring substituents is 1. The van der Waals surface area contributed by atoms with Crippen molar-refractivity contribution in [3.63, 3.8) is 0 Å². The van der Waals surface area contributed by atoms with Crippen LogP contribution in [0.15, 0.2) is 17.6 Å². The van der Waals surface area contributed by atoms with Gasteiger partial charge < -0.3 is 5.32 Å². The van der Waals surface area contributed by atoms with Gasteiger partial charge in [-0.15, -0.1) is 11.3 Å². The van der Waals surface area contributed by atoms with Crippen molar-refractivity contribution < 1.29 is 4.92 Å². The first kappa shape index (κ1) is 12.3. The van der Waals surface area contributed by atoms with Gasteiger partial charge in [-0.05, 0) is 30.9 Å². The fraction of sp³-hybridized carbons (Fsp3) is 0.462. The van der Waals surface area contributed by atoms with Crippen LogP contribution in [0, 0.1) is 16.0 Å². The Labute approximate surface area is 114 Å². The normalized spacial score (nSPS) is 16.0. The molecule has 0 saturated heterocycles. The van der Waals surface area contributed by atoms with Gasteiger partial charge in [0.25, 0.3) is 0 Å². The zero-order valence-electron chi connectivity index (χ0n) is 10.5. The molecule has 1 heterocycles. The zero-order chi connectivity index (χ0) is 13.2. The lowest BCUT2D eigenvalue weighted by molar-refractivity contribution is -0.382. The van der Waals surface area contributed by atoms with Crippen molar-refractivity contribution in [1.29, 1.82) is 0 Å². The summed E-state index contributed by atoms with van der Waals surface area (Å²) in [5.74, 6) is 0.644. The van der Waals surface area contributed by atoms with Crippen LogP contribution in [0.5, 0.6) is 0 Å². The minimum absolute atomic E-state index is 0.108. The SMILES string of the molecule is O=[N+]([O-])c1c(NCC2CCCC2)ccc2scnc12. The number of hydrogen-bond donors (Lipinski definition) is 1. The lowest BCUT2D eigenvalue weighted by Crippen LogP contribution is -2.12. The summed E-state index contributed by atoms with van der Waals surface area (Å²) in [4.78, 5) is 15.0. The monoisotopic (exact) mass is 277 g/mol. The fourth-order valence-electron chi connectivity index (χ4n) is 2.71. The highest BCUT2D eigenvalue weighted by molar-refractivity contribution is 7.16. The maximum Gasteiger partial charge on any atom is 0.319 e. The average Bonchev–Trinajstić information content (AvgIpc) is 3.06. The molecule has 0 spiro atoms. The second-order valence-corrected chi connectivity index (χ2v) is 5.84. The highest BCUT2D eigenvalue weighted by atomic mass is 32.1. The molecule has 1 aromatic heterocycles. The number of nitrogens with zero attached hydrogens (tertiary/aromatic N) is 2. The van der Waals surface area contributed by atoms with Gasteiger partial charge in [-0.1, -0.05) is 12.8 Å². The molecule has 1 N–H and O–H groups in total. The minimum atomic E-state index is -0.334. The van der Waals surface area contributed by atoms with E-state index in [1.807, 2.05) is 6.07 Å². The average molecular weight is 277 g/mol. The van der Waals surface area contributed by atoms with Crippen LogP contribution in [0.2, 0.25) is 0 Å². The third-order valence-corrected chi connectivity index (χ3v) is 4.51. The van der Waals surface area contributed by atoms with Gasteiger partial charge in [0.05, 0.1) is 15.1 Å². The van der Waals surface area contributed by atoms with Crippen LogP contribution < -0.4 is 5.32 Å². The number of anilines is 1. The number of rotatable bonds is 4. The van der Waals surface area contributed by atoms with E-state index in [0.29, 0.717) is 17.1 Å². The second kappa shape index (κ2) is 5.13. The quantitative estimate of drug-likeness (QED) is 0.681. The van der Waals surface area contributed by atoms with Crippen molar-refractivity contribution in [3.8, 4) is 0 Å². The molecular formula is C13H15N3O2S. The molecule has 19 heavy (non-hydrogen) atoms. The van der Waals surface area contributed by atoms with E-state index in [9.17, 15) is 10.1 Å². The molecule has 1 fully saturated rings. The standard InChI is InChI=1S/C13H15N3O2S/c17-16(18)13-10(14-7-9-3-1-2-4-9)5-6-11-12(13)15-8-19-11/h5-6,8-9,14H,1-4,7H2. The van der Waals surface area contributed by atoms with Gasteiger partial charge >= 0.3 is 5.69 Å². The van der Waals surface area contributed by atoms with Crippen LogP contribution in [0.3, 0.4) is 0 Å². The molecule has 2 aromatic rings. The Morgan fingerprint density at radius 2 is 2.21 bits per heavy atom. The predicted molar refractivity (Wildman–Crippen MR) is 76.7 cm³/mol. The number of fused-ring (bicyclic) bond motifs is 1. The van der Waals surface area contributed by atoms with Gasteiger partial charge in [0.15, 0.2) is 5.52 Å². The van der Waals surface area contributed by atoms with Crippen molar-refractivity contribution in [2.45, 2.75) is 25.7 Å². The number of nitrogens with one attached hydrogen (secondary N) is 1. The number of aromatic nitrogens is 1.